The number of carbonyl (C=O) groups excluding carboxylic acids is 4. The van der Waals surface area contributed by atoms with E-state index in [1.54, 1.807) is 36.4 Å². The highest BCUT2D eigenvalue weighted by atomic mass is 35.5. The molecule has 0 heterocycles. The van der Waals surface area contributed by atoms with E-state index >= 15 is 0 Å². The molecule has 0 bridgehead atoms. The number of rotatable bonds is 5. The van der Waals surface area contributed by atoms with Crippen LogP contribution in [0, 0.1) is 17.8 Å². The first-order valence-corrected chi connectivity index (χ1v) is 15.8. The molecule has 0 aliphatic heterocycles. The highest BCUT2D eigenvalue weighted by Crippen LogP contribution is 2.56. The zero-order valence-corrected chi connectivity index (χ0v) is 26.5. The Morgan fingerprint density at radius 3 is 2.30 bits per heavy atom. The quantitative estimate of drug-likeness (QED) is 0.232. The van der Waals surface area contributed by atoms with Crippen LogP contribution in [0.5, 0.6) is 5.75 Å². The molecule has 1 amide bonds. The molecule has 4 aliphatic carbocycles. The lowest BCUT2D eigenvalue weighted by Crippen LogP contribution is -2.68. The molecule has 5 atom stereocenters. The van der Waals surface area contributed by atoms with Crippen LogP contribution >= 0.6 is 11.6 Å². The van der Waals surface area contributed by atoms with Crippen LogP contribution in [0.25, 0.3) is 11.6 Å². The SMILES string of the molecule is CN(C)[C@@H]1C(O)=C(C(N)=O)C(=O)[C@@]2(O)C(O)=C3C(=O)c4c(O)cccc4/C(=C\c4ccc(Cl)cc4)[C@H]3[C@H](OC(=O)C3CCCCC3)[C@@H]12. The van der Waals surface area contributed by atoms with Gasteiger partial charge in [-0.1, -0.05) is 61.2 Å². The lowest BCUT2D eigenvalue weighted by atomic mass is 9.56. The largest absolute Gasteiger partial charge is 0.510 e. The molecule has 0 spiro atoms. The fourth-order valence-electron chi connectivity index (χ4n) is 7.73. The van der Waals surface area contributed by atoms with E-state index in [0.29, 0.717) is 29.0 Å². The molecule has 0 aromatic heterocycles. The molecular formula is C35H35ClN2O9. The van der Waals surface area contributed by atoms with Crippen LogP contribution in [-0.4, -0.2) is 80.6 Å². The second-order valence-electron chi connectivity index (χ2n) is 12.8. The summed E-state index contributed by atoms with van der Waals surface area (Å²) < 4.78 is 6.29. The van der Waals surface area contributed by atoms with Gasteiger partial charge in [-0.15, -0.1) is 0 Å². The van der Waals surface area contributed by atoms with Crippen molar-refractivity contribution < 1.29 is 44.3 Å². The van der Waals surface area contributed by atoms with Crippen molar-refractivity contribution >= 4 is 46.7 Å². The average molecular weight is 663 g/mol. The number of hydrogen-bond acceptors (Lipinski definition) is 10. The molecule has 1 saturated carbocycles. The summed E-state index contributed by atoms with van der Waals surface area (Å²) in [5, 5.41) is 47.1. The fourth-order valence-corrected chi connectivity index (χ4v) is 7.86. The summed E-state index contributed by atoms with van der Waals surface area (Å²) in [5.41, 5.74) is 2.04. The number of aliphatic hydroxyl groups is 3. The van der Waals surface area contributed by atoms with Crippen molar-refractivity contribution in [2.75, 3.05) is 14.1 Å². The Labute approximate surface area is 275 Å². The number of amides is 1. The molecule has 0 unspecified atom stereocenters. The van der Waals surface area contributed by atoms with Crippen molar-refractivity contribution in [3.63, 3.8) is 0 Å². The number of halogens is 1. The summed E-state index contributed by atoms with van der Waals surface area (Å²) in [6, 6.07) is 9.75. The number of primary amides is 1. The first-order valence-electron chi connectivity index (χ1n) is 15.4. The lowest BCUT2D eigenvalue weighted by molar-refractivity contribution is -0.181. The number of carbonyl (C=O) groups is 4. The maximum atomic E-state index is 14.3. The molecule has 2 aromatic rings. The van der Waals surface area contributed by atoms with Crippen molar-refractivity contribution in [2.24, 2.45) is 23.5 Å². The number of hydrogen-bond donors (Lipinski definition) is 5. The van der Waals surface area contributed by atoms with Crippen molar-refractivity contribution in [3.05, 3.63) is 86.8 Å². The number of fused-ring (bicyclic) bond motifs is 3. The molecule has 12 heteroatoms. The molecule has 0 saturated heterocycles. The zero-order valence-electron chi connectivity index (χ0n) is 25.8. The third-order valence-electron chi connectivity index (χ3n) is 9.89. The van der Waals surface area contributed by atoms with Crippen molar-refractivity contribution in [2.45, 2.75) is 49.9 Å². The van der Waals surface area contributed by atoms with Crippen LogP contribution in [0.1, 0.15) is 53.6 Å². The Kier molecular flexibility index (Phi) is 8.27. The van der Waals surface area contributed by atoms with E-state index in [9.17, 15) is 39.6 Å². The highest BCUT2D eigenvalue weighted by Gasteiger charge is 2.68. The number of esters is 1. The van der Waals surface area contributed by atoms with Crippen LogP contribution in [0.2, 0.25) is 5.02 Å². The molecule has 2 aromatic carbocycles. The summed E-state index contributed by atoms with van der Waals surface area (Å²) in [5.74, 6) is -9.99. The van der Waals surface area contributed by atoms with Gasteiger partial charge >= 0.3 is 5.97 Å². The Morgan fingerprint density at radius 2 is 1.68 bits per heavy atom. The Hall–Kier alpha value is -4.45. The number of phenols is 1. The highest BCUT2D eigenvalue weighted by molar-refractivity contribution is 6.30. The maximum absolute atomic E-state index is 14.3. The lowest BCUT2D eigenvalue weighted by Gasteiger charge is -2.53. The number of ether oxygens (including phenoxy) is 1. The molecule has 11 nitrogen and oxygen atoms in total. The van der Waals surface area contributed by atoms with E-state index in [1.165, 1.54) is 31.1 Å². The number of benzene rings is 2. The number of ketones is 2. The van der Waals surface area contributed by atoms with E-state index < -0.39 is 87.4 Å². The number of aliphatic hydroxyl groups excluding tert-OH is 2. The number of nitrogens with zero attached hydrogens (tertiary/aromatic N) is 1. The predicted molar refractivity (Wildman–Crippen MR) is 171 cm³/mol. The smallest absolute Gasteiger partial charge is 0.309 e. The summed E-state index contributed by atoms with van der Waals surface area (Å²) >= 11 is 6.14. The van der Waals surface area contributed by atoms with Gasteiger partial charge in [0.05, 0.1) is 34.9 Å². The molecular weight excluding hydrogens is 628 g/mol. The van der Waals surface area contributed by atoms with Crippen LogP contribution in [0.4, 0.5) is 0 Å². The van der Waals surface area contributed by atoms with Gasteiger partial charge in [-0.05, 0) is 61.8 Å². The molecule has 6 rings (SSSR count). The Balaban J connectivity index is 1.68. The number of nitrogens with two attached hydrogens (primary N) is 1. The normalized spacial score (nSPS) is 28.7. The fraction of sp³-hybridized carbons (Fsp3) is 0.371. The number of aromatic hydroxyl groups is 1. The third kappa shape index (κ3) is 5.04. The summed E-state index contributed by atoms with van der Waals surface area (Å²) in [6.07, 6.45) is 3.79. The topological polar surface area (TPSA) is 188 Å². The van der Waals surface area contributed by atoms with Crippen LogP contribution < -0.4 is 5.73 Å². The first kappa shape index (κ1) is 32.5. The first-order chi connectivity index (χ1) is 22.3. The van der Waals surface area contributed by atoms with Gasteiger partial charge in [-0.25, -0.2) is 0 Å². The number of likely N-dealkylation sites (N-methyl/N-ethyl adjacent to an activating group) is 1. The summed E-state index contributed by atoms with van der Waals surface area (Å²) in [7, 11) is 3.02. The maximum Gasteiger partial charge on any atom is 0.309 e. The minimum Gasteiger partial charge on any atom is -0.510 e. The zero-order chi connectivity index (χ0) is 33.9. The number of Topliss-reactive ketones (excluding diaryl/α,β-unsaturated/α-hetero) is 2. The van der Waals surface area contributed by atoms with Crippen LogP contribution in [-0.2, 0) is 19.1 Å². The summed E-state index contributed by atoms with van der Waals surface area (Å²) in [4.78, 5) is 56.2. The molecule has 246 valence electrons. The minimum atomic E-state index is -3.03. The second-order valence-corrected chi connectivity index (χ2v) is 13.2. The predicted octanol–water partition coefficient (Wildman–Crippen LogP) is 3.87. The number of phenolic OH excluding ortho intramolecular Hbond substituents is 1. The Morgan fingerprint density at radius 1 is 1.02 bits per heavy atom. The van der Waals surface area contributed by atoms with E-state index in [1.807, 2.05) is 0 Å². The molecule has 0 radical (unpaired) electrons. The van der Waals surface area contributed by atoms with Gasteiger partial charge in [0.15, 0.2) is 11.4 Å². The average Bonchev–Trinajstić information content (AvgIpc) is 3.03. The molecule has 4 aliphatic rings. The van der Waals surface area contributed by atoms with Crippen LogP contribution in [0.3, 0.4) is 0 Å². The van der Waals surface area contributed by atoms with Crippen molar-refractivity contribution in [1.29, 1.82) is 0 Å². The van der Waals surface area contributed by atoms with Gasteiger partial charge in [0.2, 0.25) is 5.78 Å². The van der Waals surface area contributed by atoms with Crippen LogP contribution in [0.15, 0.2) is 65.1 Å². The van der Waals surface area contributed by atoms with E-state index in [0.717, 1.165) is 19.3 Å². The molecule has 1 fully saturated rings. The van der Waals surface area contributed by atoms with Gasteiger partial charge < -0.3 is 30.9 Å². The molecule has 6 N–H and O–H groups in total. The van der Waals surface area contributed by atoms with Gasteiger partial charge in [0.1, 0.15) is 28.9 Å². The minimum absolute atomic E-state index is 0.203. The standard InChI is InChI=1S/C35H35ClN2O9/c1-38(2)27-26-30(47-34(45)17-7-4-3-5-8-17)23-20(15-16-11-13-18(36)14-12-16)19-9-6-10-21(39)22(19)28(40)24(23)31(42)35(26,46)32(43)25(29(27)41)33(37)44/h6,9-15,17,23,26-27,30,39,41-42,46H,3-5,7-8H2,1-2H3,(H2,37,44)/b20-15+/t23-,26-,27+,30+,35+/m1/s1. The summed E-state index contributed by atoms with van der Waals surface area (Å²) in [6.45, 7) is 0. The van der Waals surface area contributed by atoms with Gasteiger partial charge in [-0.2, -0.15) is 0 Å². The van der Waals surface area contributed by atoms with Crippen molar-refractivity contribution in [1.82, 2.24) is 4.90 Å². The Bertz CT molecular complexity index is 1790. The van der Waals surface area contributed by atoms with E-state index in [2.05, 4.69) is 0 Å². The van der Waals surface area contributed by atoms with Gasteiger partial charge in [0, 0.05) is 5.02 Å². The van der Waals surface area contributed by atoms with E-state index in [-0.39, 0.29) is 11.1 Å². The second kappa shape index (κ2) is 12.0. The van der Waals surface area contributed by atoms with Gasteiger partial charge in [-0.3, -0.25) is 24.1 Å². The third-order valence-corrected chi connectivity index (χ3v) is 10.1. The van der Waals surface area contributed by atoms with E-state index in [4.69, 9.17) is 22.1 Å². The van der Waals surface area contributed by atoms with Gasteiger partial charge in [0.25, 0.3) is 5.91 Å². The molecule has 47 heavy (non-hydrogen) atoms. The monoisotopic (exact) mass is 662 g/mol. The van der Waals surface area contributed by atoms with Crippen molar-refractivity contribution in [3.8, 4) is 5.75 Å².